The quantitative estimate of drug-likeness (QED) is 0.566. The molecule has 0 aromatic heterocycles. The minimum Gasteiger partial charge on any atom is -0.457 e. The van der Waals surface area contributed by atoms with Crippen molar-refractivity contribution in [3.8, 4) is 0 Å². The molecular weight excluding hydrogens is 377 g/mol. The number of carbonyl (C=O) groups excluding carboxylic acids is 1. The van der Waals surface area contributed by atoms with E-state index in [2.05, 4.69) is 0 Å². The van der Waals surface area contributed by atoms with E-state index in [1.54, 1.807) is 18.2 Å². The average Bonchev–Trinajstić information content (AvgIpc) is 2.45. The number of alkyl halides is 2. The normalized spacial score (nSPS) is 10.6. The molecule has 2 aromatic rings. The molecule has 0 amide bonds. The SMILES string of the molecule is O=C(OCc1ccccc1)c1c(I)cccc1C(F)F. The highest BCUT2D eigenvalue weighted by Crippen LogP contribution is 2.27. The molecule has 0 fully saturated rings. The molecule has 0 radical (unpaired) electrons. The van der Waals surface area contributed by atoms with Crippen LogP contribution in [0.1, 0.15) is 27.9 Å². The van der Waals surface area contributed by atoms with E-state index in [4.69, 9.17) is 4.74 Å². The zero-order valence-electron chi connectivity index (χ0n) is 10.4. The van der Waals surface area contributed by atoms with E-state index in [0.29, 0.717) is 3.57 Å². The minimum atomic E-state index is -2.70. The van der Waals surface area contributed by atoms with Gasteiger partial charge in [0, 0.05) is 9.13 Å². The zero-order chi connectivity index (χ0) is 14.5. The minimum absolute atomic E-state index is 0.0565. The van der Waals surface area contributed by atoms with Crippen LogP contribution in [0.15, 0.2) is 48.5 Å². The highest BCUT2D eigenvalue weighted by Gasteiger charge is 2.22. The van der Waals surface area contributed by atoms with Crippen molar-refractivity contribution in [3.63, 3.8) is 0 Å². The van der Waals surface area contributed by atoms with Gasteiger partial charge in [-0.3, -0.25) is 0 Å². The van der Waals surface area contributed by atoms with E-state index in [1.807, 2.05) is 40.8 Å². The van der Waals surface area contributed by atoms with Crippen molar-refractivity contribution in [2.45, 2.75) is 13.0 Å². The number of rotatable bonds is 4. The lowest BCUT2D eigenvalue weighted by Gasteiger charge is -2.11. The summed E-state index contributed by atoms with van der Waals surface area (Å²) in [5.41, 5.74) is 0.458. The first-order valence-electron chi connectivity index (χ1n) is 5.87. The van der Waals surface area contributed by atoms with E-state index >= 15 is 0 Å². The fourth-order valence-corrected chi connectivity index (χ4v) is 2.47. The molecule has 2 rings (SSSR count). The van der Waals surface area contributed by atoms with Gasteiger partial charge in [-0.15, -0.1) is 0 Å². The molecule has 104 valence electrons. The Kier molecular flexibility index (Phi) is 5.05. The van der Waals surface area contributed by atoms with Gasteiger partial charge in [0.2, 0.25) is 0 Å². The predicted octanol–water partition coefficient (Wildman–Crippen LogP) is 4.59. The third kappa shape index (κ3) is 3.53. The number of hydrogen-bond acceptors (Lipinski definition) is 2. The number of esters is 1. The molecule has 0 heterocycles. The van der Waals surface area contributed by atoms with Gasteiger partial charge in [0.1, 0.15) is 6.61 Å². The molecular formula is C15H11F2IO2. The van der Waals surface area contributed by atoms with E-state index in [9.17, 15) is 13.6 Å². The summed E-state index contributed by atoms with van der Waals surface area (Å²) in [4.78, 5) is 12.0. The maximum atomic E-state index is 12.9. The van der Waals surface area contributed by atoms with Crippen LogP contribution in [-0.2, 0) is 11.3 Å². The van der Waals surface area contributed by atoms with Crippen LogP contribution in [-0.4, -0.2) is 5.97 Å². The first kappa shape index (κ1) is 14.9. The second-order valence-corrected chi connectivity index (χ2v) is 5.23. The summed E-state index contributed by atoms with van der Waals surface area (Å²) in [6.07, 6.45) is -2.70. The van der Waals surface area contributed by atoms with Crippen molar-refractivity contribution in [1.82, 2.24) is 0 Å². The molecule has 0 atom stereocenters. The van der Waals surface area contributed by atoms with Gasteiger partial charge >= 0.3 is 5.97 Å². The Morgan fingerprint density at radius 2 is 1.80 bits per heavy atom. The van der Waals surface area contributed by atoms with Crippen molar-refractivity contribution in [1.29, 1.82) is 0 Å². The summed E-state index contributed by atoms with van der Waals surface area (Å²) in [6.45, 7) is 0.0628. The molecule has 20 heavy (non-hydrogen) atoms. The van der Waals surface area contributed by atoms with Gasteiger partial charge in [-0.1, -0.05) is 42.5 Å². The van der Waals surface area contributed by atoms with Gasteiger partial charge in [-0.05, 0) is 34.2 Å². The van der Waals surface area contributed by atoms with E-state index < -0.39 is 12.4 Å². The van der Waals surface area contributed by atoms with Crippen molar-refractivity contribution < 1.29 is 18.3 Å². The summed E-state index contributed by atoms with van der Waals surface area (Å²) in [5.74, 6) is -0.728. The number of carbonyl (C=O) groups is 1. The van der Waals surface area contributed by atoms with Crippen LogP contribution in [0.4, 0.5) is 8.78 Å². The van der Waals surface area contributed by atoms with E-state index in [0.717, 1.165) is 5.56 Å². The molecule has 0 unspecified atom stereocenters. The lowest BCUT2D eigenvalue weighted by molar-refractivity contribution is 0.0461. The topological polar surface area (TPSA) is 26.3 Å². The number of halogens is 3. The summed E-state index contributed by atoms with van der Waals surface area (Å²) in [6, 6.07) is 13.4. The highest BCUT2D eigenvalue weighted by molar-refractivity contribution is 14.1. The Morgan fingerprint density at radius 3 is 2.45 bits per heavy atom. The molecule has 2 aromatic carbocycles. The third-order valence-corrected chi connectivity index (χ3v) is 3.60. The highest BCUT2D eigenvalue weighted by atomic mass is 127. The lowest BCUT2D eigenvalue weighted by Crippen LogP contribution is -2.11. The molecule has 0 N–H and O–H groups in total. The number of hydrogen-bond donors (Lipinski definition) is 0. The Balaban J connectivity index is 2.17. The predicted molar refractivity (Wildman–Crippen MR) is 79.7 cm³/mol. The molecule has 0 aliphatic heterocycles. The summed E-state index contributed by atoms with van der Waals surface area (Å²) in [5, 5.41) is 0. The number of ether oxygens (including phenoxy) is 1. The summed E-state index contributed by atoms with van der Waals surface area (Å²) < 4.78 is 31.4. The zero-order valence-corrected chi connectivity index (χ0v) is 12.5. The largest absolute Gasteiger partial charge is 0.457 e. The van der Waals surface area contributed by atoms with Crippen molar-refractivity contribution >= 4 is 28.6 Å². The third-order valence-electron chi connectivity index (χ3n) is 2.70. The Bertz CT molecular complexity index is 600. The second kappa shape index (κ2) is 6.78. The number of benzene rings is 2. The van der Waals surface area contributed by atoms with Crippen LogP contribution in [0.3, 0.4) is 0 Å². The van der Waals surface area contributed by atoms with Crippen LogP contribution in [0, 0.1) is 3.57 Å². The maximum Gasteiger partial charge on any atom is 0.340 e. The standard InChI is InChI=1S/C15H11F2IO2/c16-14(17)11-7-4-8-12(18)13(11)15(19)20-9-10-5-2-1-3-6-10/h1-8,14H,9H2. The fraction of sp³-hybridized carbons (Fsp3) is 0.133. The molecule has 0 saturated heterocycles. The molecule has 2 nitrogen and oxygen atoms in total. The monoisotopic (exact) mass is 388 g/mol. The first-order chi connectivity index (χ1) is 9.59. The molecule has 0 aliphatic carbocycles. The summed E-state index contributed by atoms with van der Waals surface area (Å²) >= 11 is 1.85. The van der Waals surface area contributed by atoms with Crippen molar-refractivity contribution in [2.75, 3.05) is 0 Å². The molecule has 0 aliphatic rings. The van der Waals surface area contributed by atoms with Gasteiger partial charge in [-0.25, -0.2) is 13.6 Å². The Morgan fingerprint density at radius 1 is 1.10 bits per heavy atom. The van der Waals surface area contributed by atoms with Crippen LogP contribution < -0.4 is 0 Å². The summed E-state index contributed by atoms with van der Waals surface area (Å²) in [7, 11) is 0. The lowest BCUT2D eigenvalue weighted by atomic mass is 10.1. The van der Waals surface area contributed by atoms with Crippen LogP contribution in [0.25, 0.3) is 0 Å². The second-order valence-electron chi connectivity index (χ2n) is 4.07. The maximum absolute atomic E-state index is 12.9. The van der Waals surface area contributed by atoms with Crippen molar-refractivity contribution in [3.05, 3.63) is 68.8 Å². The van der Waals surface area contributed by atoms with Gasteiger partial charge in [0.25, 0.3) is 6.43 Å². The van der Waals surface area contributed by atoms with Crippen LogP contribution in [0.2, 0.25) is 0 Å². The fourth-order valence-electron chi connectivity index (χ4n) is 1.73. The molecule has 0 bridgehead atoms. The van der Waals surface area contributed by atoms with Crippen molar-refractivity contribution in [2.24, 2.45) is 0 Å². The van der Waals surface area contributed by atoms with Crippen LogP contribution >= 0.6 is 22.6 Å². The molecule has 0 saturated carbocycles. The van der Waals surface area contributed by atoms with E-state index in [-0.39, 0.29) is 17.7 Å². The smallest absolute Gasteiger partial charge is 0.340 e. The van der Waals surface area contributed by atoms with Crippen LogP contribution in [0.5, 0.6) is 0 Å². The molecule has 0 spiro atoms. The Hall–Kier alpha value is -1.50. The average molecular weight is 388 g/mol. The van der Waals surface area contributed by atoms with Gasteiger partial charge in [-0.2, -0.15) is 0 Å². The van der Waals surface area contributed by atoms with Gasteiger partial charge in [0.05, 0.1) is 5.56 Å². The van der Waals surface area contributed by atoms with Gasteiger partial charge in [0.15, 0.2) is 0 Å². The van der Waals surface area contributed by atoms with E-state index in [1.165, 1.54) is 12.1 Å². The Labute approximate surface area is 128 Å². The molecule has 5 heteroatoms. The first-order valence-corrected chi connectivity index (χ1v) is 6.95. The van der Waals surface area contributed by atoms with Gasteiger partial charge < -0.3 is 4.74 Å².